The molecule has 0 saturated heterocycles. The highest BCUT2D eigenvalue weighted by Crippen LogP contribution is 2.08. The zero-order valence-electron chi connectivity index (χ0n) is 8.82. The Hall–Kier alpha value is -0.0300. The molecule has 88 valence electrons. The Morgan fingerprint density at radius 1 is 1.43 bits per heavy atom. The molecule has 3 N–H and O–H groups in total. The van der Waals surface area contributed by atoms with Crippen LogP contribution in [0.15, 0.2) is 0 Å². The van der Waals surface area contributed by atoms with Crippen LogP contribution < -0.4 is 5.73 Å². The molecule has 0 aliphatic heterocycles. The zero-order valence-corrected chi connectivity index (χ0v) is 10.5. The fourth-order valence-corrected chi connectivity index (χ4v) is 0.869. The summed E-state index contributed by atoms with van der Waals surface area (Å²) in [6.45, 7) is 2.42. The van der Waals surface area contributed by atoms with E-state index in [0.717, 1.165) is 13.0 Å². The van der Waals surface area contributed by atoms with Crippen molar-refractivity contribution in [1.29, 1.82) is 0 Å². The molecule has 0 rings (SSSR count). The summed E-state index contributed by atoms with van der Waals surface area (Å²) in [5, 5.41) is 8.67. The normalized spacial score (nSPS) is 13.8. The number of carboxylic acid groups (broad SMARTS) is 1. The van der Waals surface area contributed by atoms with E-state index < -0.39 is 11.5 Å². The first kappa shape index (κ1) is 19.5. The van der Waals surface area contributed by atoms with E-state index in [1.807, 2.05) is 19.0 Å². The Labute approximate surface area is 97.7 Å². The first-order valence-electron chi connectivity index (χ1n) is 4.03. The second kappa shape index (κ2) is 8.29. The molecule has 0 aliphatic carbocycles. The molecular weight excluding hydrogens is 227 g/mol. The summed E-state index contributed by atoms with van der Waals surface area (Å²) in [4.78, 5) is 12.6. The van der Waals surface area contributed by atoms with Gasteiger partial charge in [-0.05, 0) is 40.4 Å². The molecular formula is C8H20Cl2N2O2. The van der Waals surface area contributed by atoms with E-state index >= 15 is 0 Å². The molecule has 0 heterocycles. The van der Waals surface area contributed by atoms with Gasteiger partial charge in [-0.2, -0.15) is 0 Å². The molecule has 1 atom stereocenters. The predicted molar refractivity (Wildman–Crippen MR) is 62.5 cm³/mol. The molecule has 0 amide bonds. The van der Waals surface area contributed by atoms with Gasteiger partial charge in [-0.25, -0.2) is 0 Å². The van der Waals surface area contributed by atoms with Crippen molar-refractivity contribution < 1.29 is 9.90 Å². The Kier molecular flexibility index (Phi) is 11.6. The quantitative estimate of drug-likeness (QED) is 0.759. The number of aliphatic carboxylic acids is 1. The van der Waals surface area contributed by atoms with Gasteiger partial charge in [0.15, 0.2) is 0 Å². The summed E-state index contributed by atoms with van der Waals surface area (Å²) in [5.41, 5.74) is 4.45. The Bertz CT molecular complexity index is 163. The molecule has 0 aromatic carbocycles. The number of hydrogen-bond donors (Lipinski definition) is 2. The average Bonchev–Trinajstić information content (AvgIpc) is 1.85. The van der Waals surface area contributed by atoms with Gasteiger partial charge in [0.05, 0.1) is 0 Å². The summed E-state index contributed by atoms with van der Waals surface area (Å²) >= 11 is 0. The fraction of sp³-hybridized carbons (Fsp3) is 0.875. The van der Waals surface area contributed by atoms with Gasteiger partial charge >= 0.3 is 5.97 Å². The van der Waals surface area contributed by atoms with Crippen LogP contribution in [-0.4, -0.2) is 42.2 Å². The van der Waals surface area contributed by atoms with Crippen molar-refractivity contribution in [3.8, 4) is 0 Å². The van der Waals surface area contributed by atoms with Crippen molar-refractivity contribution in [2.75, 3.05) is 20.6 Å². The molecule has 0 aliphatic rings. The molecule has 0 saturated carbocycles. The van der Waals surface area contributed by atoms with Gasteiger partial charge in [0.1, 0.15) is 5.54 Å². The highest BCUT2D eigenvalue weighted by Gasteiger charge is 2.26. The van der Waals surface area contributed by atoms with Crippen LogP contribution in [0.25, 0.3) is 0 Å². The lowest BCUT2D eigenvalue weighted by molar-refractivity contribution is -0.142. The number of carbonyl (C=O) groups is 1. The van der Waals surface area contributed by atoms with E-state index in [0.29, 0.717) is 6.42 Å². The van der Waals surface area contributed by atoms with E-state index in [-0.39, 0.29) is 24.8 Å². The van der Waals surface area contributed by atoms with Gasteiger partial charge in [-0.3, -0.25) is 4.79 Å². The average molecular weight is 247 g/mol. The van der Waals surface area contributed by atoms with Gasteiger partial charge in [0.2, 0.25) is 0 Å². The van der Waals surface area contributed by atoms with Crippen molar-refractivity contribution in [3.05, 3.63) is 0 Å². The summed E-state index contributed by atoms with van der Waals surface area (Å²) in [5.74, 6) is -0.929. The van der Waals surface area contributed by atoms with Gasteiger partial charge in [-0.1, -0.05) is 0 Å². The maximum absolute atomic E-state index is 10.6. The largest absolute Gasteiger partial charge is 0.480 e. The van der Waals surface area contributed by atoms with Crippen LogP contribution in [-0.2, 0) is 4.79 Å². The third-order valence-corrected chi connectivity index (χ3v) is 1.79. The predicted octanol–water partition coefficient (Wildman–Crippen LogP) is 0.974. The molecule has 0 radical (unpaired) electrons. The summed E-state index contributed by atoms with van der Waals surface area (Å²) in [6, 6.07) is 0. The Morgan fingerprint density at radius 3 is 2.14 bits per heavy atom. The van der Waals surface area contributed by atoms with Crippen LogP contribution in [0.1, 0.15) is 19.8 Å². The van der Waals surface area contributed by atoms with E-state index in [1.54, 1.807) is 6.92 Å². The maximum atomic E-state index is 10.6. The third-order valence-electron chi connectivity index (χ3n) is 1.79. The minimum atomic E-state index is -1.07. The molecule has 0 aromatic heterocycles. The second-order valence-electron chi connectivity index (χ2n) is 3.63. The summed E-state index contributed by atoms with van der Waals surface area (Å²) in [7, 11) is 3.91. The molecule has 6 heteroatoms. The van der Waals surface area contributed by atoms with E-state index in [2.05, 4.69) is 0 Å². The number of halogens is 2. The molecule has 0 spiro atoms. The molecule has 0 fully saturated rings. The molecule has 4 nitrogen and oxygen atoms in total. The SMILES string of the molecule is CN(C)CCCC(C)(N)C(=O)O.Cl.Cl. The lowest BCUT2D eigenvalue weighted by Gasteiger charge is -2.19. The lowest BCUT2D eigenvalue weighted by Crippen LogP contribution is -2.45. The third kappa shape index (κ3) is 8.56. The smallest absolute Gasteiger partial charge is 0.323 e. The number of carboxylic acids is 1. The van der Waals surface area contributed by atoms with Crippen molar-refractivity contribution in [1.82, 2.24) is 4.90 Å². The highest BCUT2D eigenvalue weighted by atomic mass is 35.5. The van der Waals surface area contributed by atoms with Crippen LogP contribution in [0.3, 0.4) is 0 Å². The minimum Gasteiger partial charge on any atom is -0.480 e. The zero-order chi connectivity index (χ0) is 9.78. The first-order valence-corrected chi connectivity index (χ1v) is 4.03. The molecule has 0 bridgehead atoms. The van der Waals surface area contributed by atoms with E-state index in [9.17, 15) is 4.79 Å². The maximum Gasteiger partial charge on any atom is 0.323 e. The number of nitrogens with zero attached hydrogens (tertiary/aromatic N) is 1. The standard InChI is InChI=1S/C8H18N2O2.2ClH/c1-8(9,7(11)12)5-4-6-10(2)3;;/h4-6,9H2,1-3H3,(H,11,12);2*1H. The fourth-order valence-electron chi connectivity index (χ4n) is 0.869. The van der Waals surface area contributed by atoms with Gasteiger partial charge in [-0.15, -0.1) is 24.8 Å². The van der Waals surface area contributed by atoms with Crippen LogP contribution >= 0.6 is 24.8 Å². The minimum absolute atomic E-state index is 0. The first-order chi connectivity index (χ1) is 5.36. The van der Waals surface area contributed by atoms with E-state index in [4.69, 9.17) is 10.8 Å². The summed E-state index contributed by atoms with van der Waals surface area (Å²) in [6.07, 6.45) is 1.33. The van der Waals surface area contributed by atoms with Crippen LogP contribution in [0.2, 0.25) is 0 Å². The van der Waals surface area contributed by atoms with Crippen LogP contribution in [0.4, 0.5) is 0 Å². The second-order valence-corrected chi connectivity index (χ2v) is 3.63. The molecule has 14 heavy (non-hydrogen) atoms. The van der Waals surface area contributed by atoms with Gasteiger partial charge < -0.3 is 15.7 Å². The van der Waals surface area contributed by atoms with Crippen LogP contribution in [0.5, 0.6) is 0 Å². The monoisotopic (exact) mass is 246 g/mol. The lowest BCUT2D eigenvalue weighted by atomic mass is 9.97. The van der Waals surface area contributed by atoms with Crippen molar-refractivity contribution in [3.63, 3.8) is 0 Å². The Morgan fingerprint density at radius 2 is 1.86 bits per heavy atom. The highest BCUT2D eigenvalue weighted by molar-refractivity contribution is 5.85. The van der Waals surface area contributed by atoms with Crippen molar-refractivity contribution in [2.45, 2.75) is 25.3 Å². The van der Waals surface area contributed by atoms with Gasteiger partial charge in [0, 0.05) is 0 Å². The summed E-state index contributed by atoms with van der Waals surface area (Å²) < 4.78 is 0. The number of nitrogens with two attached hydrogens (primary N) is 1. The van der Waals surface area contributed by atoms with Crippen molar-refractivity contribution in [2.24, 2.45) is 5.73 Å². The van der Waals surface area contributed by atoms with Crippen molar-refractivity contribution >= 4 is 30.8 Å². The van der Waals surface area contributed by atoms with E-state index in [1.165, 1.54) is 0 Å². The molecule has 0 aromatic rings. The molecule has 1 unspecified atom stereocenters. The topological polar surface area (TPSA) is 66.6 Å². The number of hydrogen-bond acceptors (Lipinski definition) is 3. The Balaban J connectivity index is -0.000000605. The number of rotatable bonds is 5. The van der Waals surface area contributed by atoms with Gasteiger partial charge in [0.25, 0.3) is 0 Å². The van der Waals surface area contributed by atoms with Crippen LogP contribution in [0, 0.1) is 0 Å².